The zero-order valence-corrected chi connectivity index (χ0v) is 14.9. The van der Waals surface area contributed by atoms with Crippen LogP contribution >= 0.6 is 11.6 Å². The number of hydrogen-bond acceptors (Lipinski definition) is 9. The van der Waals surface area contributed by atoms with E-state index in [1.165, 1.54) is 25.1 Å². The molecule has 2 N–H and O–H groups in total. The third kappa shape index (κ3) is 3.86. The van der Waals surface area contributed by atoms with Crippen LogP contribution in [0.25, 0.3) is 11.0 Å². The summed E-state index contributed by atoms with van der Waals surface area (Å²) in [6.45, 7) is 0.817. The first-order chi connectivity index (χ1) is 13.3. The maximum Gasteiger partial charge on any atom is 0.371 e. The van der Waals surface area contributed by atoms with E-state index in [0.717, 1.165) is 12.1 Å². The number of benzene rings is 1. The van der Waals surface area contributed by atoms with E-state index >= 15 is 0 Å². The maximum absolute atomic E-state index is 12.2. The van der Waals surface area contributed by atoms with Crippen molar-refractivity contribution < 1.29 is 38.5 Å². The first-order valence-corrected chi connectivity index (χ1v) is 8.00. The number of rotatable bonds is 5. The minimum absolute atomic E-state index is 0.0513. The highest BCUT2D eigenvalue weighted by Gasteiger charge is 2.20. The molecule has 11 heteroatoms. The van der Waals surface area contributed by atoms with Gasteiger partial charge in [-0.1, -0.05) is 11.6 Å². The molecule has 0 spiro atoms. The second kappa shape index (κ2) is 7.53. The van der Waals surface area contributed by atoms with Gasteiger partial charge in [0.25, 0.3) is 0 Å². The van der Waals surface area contributed by atoms with E-state index < -0.39 is 34.9 Å². The fourth-order valence-electron chi connectivity index (χ4n) is 2.18. The molecule has 28 heavy (non-hydrogen) atoms. The molecule has 0 saturated carbocycles. The fourth-order valence-corrected chi connectivity index (χ4v) is 2.40. The van der Waals surface area contributed by atoms with Gasteiger partial charge in [-0.25, -0.2) is 9.59 Å². The van der Waals surface area contributed by atoms with Gasteiger partial charge in [-0.3, -0.25) is 4.79 Å². The van der Waals surface area contributed by atoms with Gasteiger partial charge in [0, 0.05) is 30.5 Å². The van der Waals surface area contributed by atoms with Gasteiger partial charge in [-0.15, -0.1) is 4.73 Å². The van der Waals surface area contributed by atoms with Crippen molar-refractivity contribution in [1.29, 1.82) is 0 Å². The Hall–Kier alpha value is -3.66. The molecule has 10 nitrogen and oxygen atoms in total. The van der Waals surface area contributed by atoms with Crippen molar-refractivity contribution in [1.82, 2.24) is 4.73 Å². The minimum atomic E-state index is -1.18. The molecule has 0 saturated heterocycles. The fraction of sp³-hybridized carbons (Fsp3) is 0.118. The van der Waals surface area contributed by atoms with Gasteiger partial charge in [0.05, 0.1) is 5.02 Å². The molecule has 3 rings (SSSR count). The number of ether oxygens (including phenoxy) is 2. The first kappa shape index (κ1) is 19.1. The number of nitrogens with zero attached hydrogens (tertiary/aromatic N) is 1. The van der Waals surface area contributed by atoms with Crippen LogP contribution in [0.1, 0.15) is 17.3 Å². The van der Waals surface area contributed by atoms with Crippen molar-refractivity contribution in [3.8, 4) is 17.5 Å². The lowest BCUT2D eigenvalue weighted by Gasteiger charge is -2.09. The van der Waals surface area contributed by atoms with E-state index in [-0.39, 0.29) is 28.5 Å². The van der Waals surface area contributed by atoms with Gasteiger partial charge in [-0.05, 0) is 12.1 Å². The Morgan fingerprint density at radius 3 is 2.50 bits per heavy atom. The predicted molar refractivity (Wildman–Crippen MR) is 93.4 cm³/mol. The van der Waals surface area contributed by atoms with Gasteiger partial charge < -0.3 is 28.9 Å². The predicted octanol–water partition coefficient (Wildman–Crippen LogP) is 1.83. The van der Waals surface area contributed by atoms with Crippen LogP contribution < -0.4 is 15.2 Å². The molecule has 0 fully saturated rings. The molecule has 0 aliphatic rings. The molecule has 2 heterocycles. The van der Waals surface area contributed by atoms with Crippen LogP contribution in [0, 0.1) is 0 Å². The van der Waals surface area contributed by atoms with Gasteiger partial charge in [0.1, 0.15) is 16.9 Å². The second-order valence-electron chi connectivity index (χ2n) is 5.39. The van der Waals surface area contributed by atoms with Crippen molar-refractivity contribution >= 4 is 34.5 Å². The second-order valence-corrected chi connectivity index (χ2v) is 5.80. The standard InChI is InChI=1S/C17H12ClNO9/c1-8(20)25-7-26-13-6-12-9(5-11(13)18)4-10(16(23)27-12)17(24)28-19-14(21)2-3-15(19)22/h2-6,21-22H,7H2,1H3. The van der Waals surface area contributed by atoms with Crippen molar-refractivity contribution in [2.45, 2.75) is 6.92 Å². The summed E-state index contributed by atoms with van der Waals surface area (Å²) >= 11 is 6.08. The molecule has 0 bridgehead atoms. The van der Waals surface area contributed by atoms with Crippen molar-refractivity contribution in [2.75, 3.05) is 6.79 Å². The summed E-state index contributed by atoms with van der Waals surface area (Å²) in [5.41, 5.74) is -1.48. The average Bonchev–Trinajstić information content (AvgIpc) is 2.93. The van der Waals surface area contributed by atoms with Crippen LogP contribution in [0.4, 0.5) is 0 Å². The molecule has 1 aromatic carbocycles. The van der Waals surface area contributed by atoms with Gasteiger partial charge in [0.2, 0.25) is 18.6 Å². The summed E-state index contributed by atoms with van der Waals surface area (Å²) in [6.07, 6.45) is 0. The number of aromatic hydroxyl groups is 2. The Bertz CT molecular complexity index is 1110. The molecule has 0 amide bonds. The van der Waals surface area contributed by atoms with E-state index in [1.807, 2.05) is 0 Å². The topological polar surface area (TPSA) is 137 Å². The average molecular weight is 410 g/mol. The quantitative estimate of drug-likeness (QED) is 0.367. The molecular weight excluding hydrogens is 398 g/mol. The van der Waals surface area contributed by atoms with E-state index in [4.69, 9.17) is 25.6 Å². The Morgan fingerprint density at radius 1 is 1.18 bits per heavy atom. The third-order valence-corrected chi connectivity index (χ3v) is 3.75. The highest BCUT2D eigenvalue weighted by atomic mass is 35.5. The van der Waals surface area contributed by atoms with Crippen molar-refractivity contribution in [3.05, 3.63) is 51.3 Å². The van der Waals surface area contributed by atoms with Crippen molar-refractivity contribution in [3.63, 3.8) is 0 Å². The van der Waals surface area contributed by atoms with Crippen LogP contribution in [0.3, 0.4) is 0 Å². The number of carbonyl (C=O) groups excluding carboxylic acids is 2. The Labute approximate surface area is 161 Å². The van der Waals surface area contributed by atoms with E-state index in [0.29, 0.717) is 4.73 Å². The number of hydrogen-bond donors (Lipinski definition) is 2. The summed E-state index contributed by atoms with van der Waals surface area (Å²) in [7, 11) is 0. The van der Waals surface area contributed by atoms with Crippen LogP contribution in [0.2, 0.25) is 5.02 Å². The molecule has 0 aliphatic heterocycles. The Balaban J connectivity index is 1.91. The number of aromatic nitrogens is 1. The van der Waals surface area contributed by atoms with Crippen molar-refractivity contribution in [2.24, 2.45) is 0 Å². The molecule has 0 aliphatic carbocycles. The lowest BCUT2D eigenvalue weighted by atomic mass is 10.2. The lowest BCUT2D eigenvalue weighted by Crippen LogP contribution is -2.24. The van der Waals surface area contributed by atoms with E-state index in [9.17, 15) is 24.6 Å². The zero-order chi connectivity index (χ0) is 20.4. The summed E-state index contributed by atoms with van der Waals surface area (Å²) in [5, 5.41) is 19.4. The highest BCUT2D eigenvalue weighted by Crippen LogP contribution is 2.30. The van der Waals surface area contributed by atoms with Crippen LogP contribution in [-0.2, 0) is 9.53 Å². The number of halogens is 1. The van der Waals surface area contributed by atoms with E-state index in [1.54, 1.807) is 0 Å². The maximum atomic E-state index is 12.2. The molecular formula is C17H12ClNO9. The third-order valence-electron chi connectivity index (χ3n) is 3.46. The Morgan fingerprint density at radius 2 is 1.86 bits per heavy atom. The van der Waals surface area contributed by atoms with Crippen LogP contribution in [0.5, 0.6) is 17.5 Å². The van der Waals surface area contributed by atoms with Gasteiger partial charge >= 0.3 is 17.6 Å². The molecule has 0 unspecified atom stereocenters. The SMILES string of the molecule is CC(=O)OCOc1cc2oc(=O)c(C(=O)On3c(O)ccc3O)cc2cc1Cl. The minimum Gasteiger partial charge on any atom is -0.492 e. The molecule has 3 aromatic rings. The Kier molecular flexibility index (Phi) is 5.14. The number of carbonyl (C=O) groups is 2. The highest BCUT2D eigenvalue weighted by molar-refractivity contribution is 6.32. The smallest absolute Gasteiger partial charge is 0.371 e. The summed E-state index contributed by atoms with van der Waals surface area (Å²) < 4.78 is 15.3. The number of esters is 1. The number of fused-ring (bicyclic) bond motifs is 1. The summed E-state index contributed by atoms with van der Waals surface area (Å²) in [6, 6.07) is 6.00. The molecule has 0 radical (unpaired) electrons. The van der Waals surface area contributed by atoms with Crippen LogP contribution in [0.15, 0.2) is 39.5 Å². The largest absolute Gasteiger partial charge is 0.492 e. The van der Waals surface area contributed by atoms with E-state index in [2.05, 4.69) is 4.74 Å². The first-order valence-electron chi connectivity index (χ1n) is 7.62. The summed E-state index contributed by atoms with van der Waals surface area (Å²) in [4.78, 5) is 39.9. The summed E-state index contributed by atoms with van der Waals surface area (Å²) in [5.74, 6) is -2.73. The lowest BCUT2D eigenvalue weighted by molar-refractivity contribution is -0.147. The zero-order valence-electron chi connectivity index (χ0n) is 14.2. The van der Waals surface area contributed by atoms with Crippen LogP contribution in [-0.4, -0.2) is 33.7 Å². The molecule has 0 atom stereocenters. The monoisotopic (exact) mass is 409 g/mol. The molecule has 146 valence electrons. The normalized spacial score (nSPS) is 10.6. The van der Waals surface area contributed by atoms with Gasteiger partial charge in [0.15, 0.2) is 0 Å². The molecule has 2 aromatic heterocycles. The van der Waals surface area contributed by atoms with Gasteiger partial charge in [-0.2, -0.15) is 0 Å².